The summed E-state index contributed by atoms with van der Waals surface area (Å²) < 4.78 is 66.9. The van der Waals surface area contributed by atoms with Crippen LogP contribution in [-0.4, -0.2) is 49.6 Å². The summed E-state index contributed by atoms with van der Waals surface area (Å²) in [5.41, 5.74) is 1.17. The summed E-state index contributed by atoms with van der Waals surface area (Å²) in [6, 6.07) is 11.3. The first kappa shape index (κ1) is 27.1. The highest BCUT2D eigenvalue weighted by Crippen LogP contribution is 2.37. The first-order valence-corrected chi connectivity index (χ1v) is 13.3. The summed E-state index contributed by atoms with van der Waals surface area (Å²) >= 11 is 2.95. The SMILES string of the molecule is CN(C[C@H](O)CNC(C)(C)CC1Cc2ccccc2C1)S(=O)(=O)c1ccc(Br)cc1C(F)(F)F. The molecule has 0 aromatic heterocycles. The van der Waals surface area contributed by atoms with Crippen molar-refractivity contribution in [1.29, 1.82) is 0 Å². The predicted octanol–water partition coefficient (Wildman–Crippen LogP) is 4.62. The zero-order valence-corrected chi connectivity index (χ0v) is 21.8. The maximum atomic E-state index is 13.4. The normalized spacial score (nSPS) is 16.1. The van der Waals surface area contributed by atoms with Gasteiger partial charge in [-0.05, 0) is 68.4 Å². The molecule has 34 heavy (non-hydrogen) atoms. The van der Waals surface area contributed by atoms with Crippen molar-refractivity contribution in [2.75, 3.05) is 20.1 Å². The summed E-state index contributed by atoms with van der Waals surface area (Å²) in [5, 5.41) is 13.8. The fraction of sp³-hybridized carbons (Fsp3) is 0.500. The molecule has 1 aliphatic rings. The summed E-state index contributed by atoms with van der Waals surface area (Å²) in [4.78, 5) is -0.841. The van der Waals surface area contributed by atoms with Crippen LogP contribution in [0.1, 0.15) is 37.0 Å². The number of aliphatic hydroxyl groups is 1. The van der Waals surface area contributed by atoms with Crippen molar-refractivity contribution in [2.45, 2.75) is 55.8 Å². The molecule has 1 atom stereocenters. The van der Waals surface area contributed by atoms with Gasteiger partial charge in [0.1, 0.15) is 0 Å². The Hall–Kier alpha value is -1.46. The Kier molecular flexibility index (Phi) is 8.19. The molecule has 188 valence electrons. The number of nitrogens with one attached hydrogen (secondary N) is 1. The lowest BCUT2D eigenvalue weighted by molar-refractivity contribution is -0.140. The summed E-state index contributed by atoms with van der Waals surface area (Å²) in [5.74, 6) is 0.471. The first-order valence-electron chi connectivity index (χ1n) is 11.0. The molecular formula is C24H30BrF3N2O3S. The maximum absolute atomic E-state index is 13.4. The molecule has 0 spiro atoms. The number of halogens is 4. The zero-order valence-electron chi connectivity index (χ0n) is 19.4. The van der Waals surface area contributed by atoms with Crippen LogP contribution >= 0.6 is 15.9 Å². The van der Waals surface area contributed by atoms with E-state index in [9.17, 15) is 26.7 Å². The van der Waals surface area contributed by atoms with Gasteiger partial charge in [0.05, 0.1) is 16.6 Å². The summed E-state index contributed by atoms with van der Waals surface area (Å²) in [6.07, 6.45) is -3.06. The molecule has 0 aliphatic heterocycles. The average molecular weight is 563 g/mol. The highest BCUT2D eigenvalue weighted by molar-refractivity contribution is 9.10. The number of nitrogens with zero attached hydrogens (tertiary/aromatic N) is 1. The van der Waals surface area contributed by atoms with Crippen molar-refractivity contribution >= 4 is 26.0 Å². The molecule has 10 heteroatoms. The Balaban J connectivity index is 1.59. The van der Waals surface area contributed by atoms with E-state index in [0.717, 1.165) is 35.7 Å². The zero-order chi connectivity index (χ0) is 25.3. The van der Waals surface area contributed by atoms with Crippen molar-refractivity contribution in [1.82, 2.24) is 9.62 Å². The summed E-state index contributed by atoms with van der Waals surface area (Å²) in [6.45, 7) is 3.83. The second kappa shape index (κ2) is 10.3. The fourth-order valence-corrected chi connectivity index (χ4v) is 6.32. The fourth-order valence-electron chi connectivity index (χ4n) is 4.56. The predicted molar refractivity (Wildman–Crippen MR) is 129 cm³/mol. The van der Waals surface area contributed by atoms with Crippen LogP contribution < -0.4 is 5.32 Å². The van der Waals surface area contributed by atoms with Crippen LogP contribution in [0.5, 0.6) is 0 Å². The monoisotopic (exact) mass is 562 g/mol. The third-order valence-corrected chi connectivity index (χ3v) is 8.53. The van der Waals surface area contributed by atoms with E-state index in [2.05, 4.69) is 33.4 Å². The lowest BCUT2D eigenvalue weighted by Crippen LogP contribution is -2.47. The molecule has 0 unspecified atom stereocenters. The number of rotatable bonds is 9. The van der Waals surface area contributed by atoms with Gasteiger partial charge in [0.2, 0.25) is 10.0 Å². The van der Waals surface area contributed by atoms with E-state index in [-0.39, 0.29) is 23.1 Å². The smallest absolute Gasteiger partial charge is 0.390 e. The maximum Gasteiger partial charge on any atom is 0.417 e. The lowest BCUT2D eigenvalue weighted by Gasteiger charge is -2.31. The highest BCUT2D eigenvalue weighted by atomic mass is 79.9. The highest BCUT2D eigenvalue weighted by Gasteiger charge is 2.39. The number of hydrogen-bond acceptors (Lipinski definition) is 4. The molecule has 2 aromatic rings. The molecule has 0 fully saturated rings. The van der Waals surface area contributed by atoms with Gasteiger partial charge in [0.25, 0.3) is 0 Å². The Labute approximate surface area is 207 Å². The molecular weight excluding hydrogens is 533 g/mol. The summed E-state index contributed by atoms with van der Waals surface area (Å²) in [7, 11) is -3.29. The minimum absolute atomic E-state index is 0.110. The van der Waals surface area contributed by atoms with Gasteiger partial charge in [-0.2, -0.15) is 17.5 Å². The molecule has 0 heterocycles. The number of fused-ring (bicyclic) bond motifs is 1. The molecule has 3 rings (SSSR count). The van der Waals surface area contributed by atoms with Gasteiger partial charge in [-0.15, -0.1) is 0 Å². The topological polar surface area (TPSA) is 69.6 Å². The van der Waals surface area contributed by atoms with Gasteiger partial charge >= 0.3 is 6.18 Å². The van der Waals surface area contributed by atoms with E-state index in [1.54, 1.807) is 0 Å². The van der Waals surface area contributed by atoms with Crippen molar-refractivity contribution in [3.05, 3.63) is 63.6 Å². The quantitative estimate of drug-likeness (QED) is 0.467. The molecule has 0 bridgehead atoms. The van der Waals surface area contributed by atoms with Gasteiger partial charge in [0.15, 0.2) is 0 Å². The molecule has 2 N–H and O–H groups in total. The Morgan fingerprint density at radius 3 is 2.29 bits per heavy atom. The van der Waals surface area contributed by atoms with E-state index < -0.39 is 32.8 Å². The van der Waals surface area contributed by atoms with Crippen molar-refractivity contribution in [3.63, 3.8) is 0 Å². The minimum Gasteiger partial charge on any atom is -0.390 e. The number of likely N-dealkylation sites (N-methyl/N-ethyl adjacent to an activating group) is 1. The number of alkyl halides is 3. The molecule has 0 saturated heterocycles. The van der Waals surface area contributed by atoms with Crippen LogP contribution in [0.15, 0.2) is 51.8 Å². The van der Waals surface area contributed by atoms with Crippen LogP contribution in [-0.2, 0) is 29.0 Å². The van der Waals surface area contributed by atoms with Gasteiger partial charge < -0.3 is 10.4 Å². The second-order valence-electron chi connectivity index (χ2n) is 9.59. The Morgan fingerprint density at radius 1 is 1.15 bits per heavy atom. The van der Waals surface area contributed by atoms with Gasteiger partial charge in [-0.3, -0.25) is 0 Å². The van der Waals surface area contributed by atoms with E-state index >= 15 is 0 Å². The van der Waals surface area contributed by atoms with Crippen LogP contribution in [0.2, 0.25) is 0 Å². The van der Waals surface area contributed by atoms with E-state index in [1.165, 1.54) is 24.2 Å². The third-order valence-electron chi connectivity index (χ3n) is 6.15. The number of benzene rings is 2. The Morgan fingerprint density at radius 2 is 1.74 bits per heavy atom. The largest absolute Gasteiger partial charge is 0.417 e. The van der Waals surface area contributed by atoms with Gasteiger partial charge in [0, 0.05) is 30.1 Å². The third kappa shape index (κ3) is 6.60. The molecule has 2 aromatic carbocycles. The van der Waals surface area contributed by atoms with Crippen molar-refractivity contribution in [3.8, 4) is 0 Å². The number of β-amino-alcohol motifs (C(OH)–C–C–N with tert-alkyl or cyclic N) is 1. The lowest BCUT2D eigenvalue weighted by atomic mass is 9.88. The molecule has 0 amide bonds. The molecule has 1 aliphatic carbocycles. The van der Waals surface area contributed by atoms with Crippen LogP contribution in [0, 0.1) is 5.92 Å². The molecule has 0 radical (unpaired) electrons. The van der Waals surface area contributed by atoms with Crippen LogP contribution in [0.3, 0.4) is 0 Å². The van der Waals surface area contributed by atoms with E-state index in [4.69, 9.17) is 0 Å². The standard InChI is InChI=1S/C24H30BrF3N2O3S/c1-23(2,13-16-10-17-6-4-5-7-18(17)11-16)29-14-20(31)15-30(3)34(32,33)22-9-8-19(25)12-21(22)24(26,27)28/h4-9,12,16,20,29,31H,10-11,13-15H2,1-3H3/t20-/m1/s1. The average Bonchev–Trinajstić information content (AvgIpc) is 3.13. The van der Waals surface area contributed by atoms with Crippen LogP contribution in [0.4, 0.5) is 13.2 Å². The minimum atomic E-state index is -4.84. The molecule has 0 saturated carbocycles. The van der Waals surface area contributed by atoms with Crippen LogP contribution in [0.25, 0.3) is 0 Å². The van der Waals surface area contributed by atoms with Crippen molar-refractivity contribution in [2.24, 2.45) is 5.92 Å². The van der Waals surface area contributed by atoms with E-state index in [1.807, 2.05) is 26.0 Å². The second-order valence-corrected chi connectivity index (χ2v) is 12.5. The Bertz CT molecular complexity index is 1100. The molecule has 5 nitrogen and oxygen atoms in total. The van der Waals surface area contributed by atoms with Gasteiger partial charge in [-0.25, -0.2) is 8.42 Å². The first-order chi connectivity index (χ1) is 15.7. The number of aliphatic hydroxyl groups excluding tert-OH is 1. The van der Waals surface area contributed by atoms with E-state index in [0.29, 0.717) is 5.92 Å². The number of hydrogen-bond donors (Lipinski definition) is 2. The van der Waals surface area contributed by atoms with Crippen molar-refractivity contribution < 1.29 is 26.7 Å². The number of sulfonamides is 1. The van der Waals surface area contributed by atoms with Gasteiger partial charge in [-0.1, -0.05) is 40.2 Å².